The number of aromatic amines is 1. The van der Waals surface area contributed by atoms with Gasteiger partial charge in [-0.2, -0.15) is 4.98 Å². The van der Waals surface area contributed by atoms with Crippen molar-refractivity contribution in [2.75, 3.05) is 32.9 Å². The Labute approximate surface area is 224 Å². The van der Waals surface area contributed by atoms with Crippen molar-refractivity contribution in [2.24, 2.45) is 0 Å². The maximum Gasteiger partial charge on any atom is 0.295 e. The lowest BCUT2D eigenvalue weighted by atomic mass is 9.98. The number of imidazole rings is 1. The van der Waals surface area contributed by atoms with Crippen molar-refractivity contribution in [1.82, 2.24) is 15.3 Å². The van der Waals surface area contributed by atoms with Crippen LogP contribution in [0.5, 0.6) is 6.01 Å². The number of fused-ring (bicyclic) bond motifs is 2. The van der Waals surface area contributed by atoms with Gasteiger partial charge in [-0.1, -0.05) is 60.1 Å². The van der Waals surface area contributed by atoms with Crippen LogP contribution in [-0.4, -0.2) is 72.4 Å². The summed E-state index contributed by atoms with van der Waals surface area (Å²) in [7, 11) is 0. The van der Waals surface area contributed by atoms with Gasteiger partial charge in [0.05, 0.1) is 42.0 Å². The summed E-state index contributed by atoms with van der Waals surface area (Å²) in [5.74, 6) is 0. The predicted molar refractivity (Wildman–Crippen MR) is 143 cm³/mol. The number of hydrogen-bond donors (Lipinski definition) is 3. The van der Waals surface area contributed by atoms with Crippen LogP contribution in [0.3, 0.4) is 0 Å². The summed E-state index contributed by atoms with van der Waals surface area (Å²) >= 11 is 6.68. The van der Waals surface area contributed by atoms with Gasteiger partial charge < -0.3 is 34.4 Å². The predicted octanol–water partition coefficient (Wildman–Crippen LogP) is 4.12. The molecule has 8 nitrogen and oxygen atoms in total. The molecule has 0 amide bonds. The number of nitrogens with one attached hydrogen (secondary N) is 2. The Morgan fingerprint density at radius 1 is 0.895 bits per heavy atom. The first-order valence-corrected chi connectivity index (χ1v) is 13.3. The lowest BCUT2D eigenvalue weighted by Gasteiger charge is -2.24. The number of aliphatic hydroxyl groups is 1. The molecule has 7 rings (SSSR count). The molecule has 38 heavy (non-hydrogen) atoms. The molecule has 3 N–H and O–H groups in total. The Morgan fingerprint density at radius 2 is 1.63 bits per heavy atom. The summed E-state index contributed by atoms with van der Waals surface area (Å²) in [5.41, 5.74) is 6.90. The Kier molecular flexibility index (Phi) is 6.31. The van der Waals surface area contributed by atoms with E-state index in [1.54, 1.807) is 0 Å². The van der Waals surface area contributed by atoms with E-state index in [4.69, 9.17) is 30.5 Å². The molecule has 5 unspecified atom stereocenters. The molecule has 0 aliphatic carbocycles. The van der Waals surface area contributed by atoms with Crippen LogP contribution >= 0.6 is 11.6 Å². The Hall–Kier alpha value is -2.98. The molecule has 0 spiro atoms. The molecular weight excluding hydrogens is 506 g/mol. The van der Waals surface area contributed by atoms with Crippen LogP contribution in [0.1, 0.15) is 11.7 Å². The highest BCUT2D eigenvalue weighted by molar-refractivity contribution is 6.34. The number of aromatic nitrogens is 2. The smallest absolute Gasteiger partial charge is 0.295 e. The minimum Gasteiger partial charge on any atom is -0.456 e. The fraction of sp³-hybridized carbons (Fsp3) is 0.345. The average Bonchev–Trinajstić information content (AvgIpc) is 3.65. The second-order valence-corrected chi connectivity index (χ2v) is 10.4. The van der Waals surface area contributed by atoms with Gasteiger partial charge in [-0.25, -0.2) is 0 Å². The number of nitrogens with zero attached hydrogens (tertiary/aromatic N) is 1. The molecule has 4 heterocycles. The van der Waals surface area contributed by atoms with Gasteiger partial charge in [0, 0.05) is 18.7 Å². The van der Waals surface area contributed by atoms with Gasteiger partial charge >= 0.3 is 0 Å². The highest BCUT2D eigenvalue weighted by atomic mass is 35.5. The zero-order valence-corrected chi connectivity index (χ0v) is 21.4. The number of halogens is 1. The zero-order chi connectivity index (χ0) is 25.6. The van der Waals surface area contributed by atoms with E-state index >= 15 is 0 Å². The van der Waals surface area contributed by atoms with Crippen molar-refractivity contribution in [3.63, 3.8) is 0 Å². The van der Waals surface area contributed by atoms with Crippen molar-refractivity contribution in [3.8, 4) is 28.3 Å². The van der Waals surface area contributed by atoms with Crippen LogP contribution in [0.15, 0.2) is 60.7 Å². The van der Waals surface area contributed by atoms with Gasteiger partial charge in [0.2, 0.25) is 0 Å². The third kappa shape index (κ3) is 4.47. The monoisotopic (exact) mass is 533 g/mol. The largest absolute Gasteiger partial charge is 0.456 e. The summed E-state index contributed by atoms with van der Waals surface area (Å²) in [6.07, 6.45) is -1.50. The number of morpholine rings is 1. The molecule has 3 aromatic carbocycles. The van der Waals surface area contributed by atoms with Gasteiger partial charge in [0.15, 0.2) is 6.10 Å². The van der Waals surface area contributed by atoms with E-state index < -0.39 is 6.10 Å². The van der Waals surface area contributed by atoms with E-state index in [9.17, 15) is 5.11 Å². The molecular formula is C29H28ClN3O5. The van der Waals surface area contributed by atoms with Gasteiger partial charge in [0.1, 0.15) is 18.3 Å². The first-order valence-electron chi connectivity index (χ1n) is 12.9. The van der Waals surface area contributed by atoms with Gasteiger partial charge in [-0.05, 0) is 34.4 Å². The topological polar surface area (TPSA) is 97.9 Å². The second-order valence-electron chi connectivity index (χ2n) is 9.97. The van der Waals surface area contributed by atoms with Crippen LogP contribution < -0.4 is 10.1 Å². The molecule has 0 bridgehead atoms. The summed E-state index contributed by atoms with van der Waals surface area (Å²) in [6.45, 7) is 3.09. The number of H-pyrrole nitrogens is 1. The third-order valence-corrected chi connectivity index (χ3v) is 7.85. The van der Waals surface area contributed by atoms with E-state index in [2.05, 4.69) is 63.8 Å². The standard InChI is InChI=1S/C29H28ClN3O5/c30-21-12-23-22(32-29(33-23)38-26-15-37-27-24(34)14-36-28(26)27)11-20(21)18-5-1-16(2-6-18)17-3-7-19(8-4-17)25-13-31-9-10-35-25/h1-8,11-12,24-28,31,34H,9-10,13-15H2,(H,32,33). The normalized spacial score (nSPS) is 27.1. The lowest BCUT2D eigenvalue weighted by molar-refractivity contribution is 0.00706. The van der Waals surface area contributed by atoms with Gasteiger partial charge in [0.25, 0.3) is 6.01 Å². The lowest BCUT2D eigenvalue weighted by Crippen LogP contribution is -2.34. The van der Waals surface area contributed by atoms with E-state index in [0.717, 1.165) is 53.0 Å². The summed E-state index contributed by atoms with van der Waals surface area (Å²) in [6, 6.07) is 21.1. The zero-order valence-electron chi connectivity index (χ0n) is 20.6. The molecule has 4 aromatic rings. The minimum atomic E-state index is -0.620. The molecule has 0 radical (unpaired) electrons. The van der Waals surface area contributed by atoms with Crippen molar-refractivity contribution in [2.45, 2.75) is 30.5 Å². The maximum atomic E-state index is 9.96. The van der Waals surface area contributed by atoms with E-state index in [1.807, 2.05) is 12.1 Å². The molecule has 9 heteroatoms. The summed E-state index contributed by atoms with van der Waals surface area (Å²) in [5, 5.41) is 14.0. The fourth-order valence-electron chi connectivity index (χ4n) is 5.48. The van der Waals surface area contributed by atoms with Crippen LogP contribution in [-0.2, 0) is 14.2 Å². The Morgan fingerprint density at radius 3 is 2.39 bits per heavy atom. The number of ether oxygens (including phenoxy) is 4. The fourth-order valence-corrected chi connectivity index (χ4v) is 5.76. The van der Waals surface area contributed by atoms with E-state index in [-0.39, 0.29) is 31.0 Å². The van der Waals surface area contributed by atoms with Crippen molar-refractivity contribution < 1.29 is 24.1 Å². The number of benzene rings is 3. The first kappa shape index (κ1) is 24.1. The number of hydrogen-bond acceptors (Lipinski definition) is 7. The van der Waals surface area contributed by atoms with Crippen molar-refractivity contribution in [3.05, 3.63) is 71.2 Å². The van der Waals surface area contributed by atoms with Gasteiger partial charge in [-0.3, -0.25) is 0 Å². The maximum absolute atomic E-state index is 9.96. The van der Waals surface area contributed by atoms with Crippen LogP contribution in [0.2, 0.25) is 5.02 Å². The molecule has 196 valence electrons. The summed E-state index contributed by atoms with van der Waals surface area (Å²) < 4.78 is 23.2. The molecule has 5 atom stereocenters. The highest BCUT2D eigenvalue weighted by Gasteiger charge is 2.48. The van der Waals surface area contributed by atoms with Crippen LogP contribution in [0, 0.1) is 0 Å². The molecule has 3 fully saturated rings. The Bertz CT molecular complexity index is 1440. The Balaban J connectivity index is 1.09. The van der Waals surface area contributed by atoms with Crippen LogP contribution in [0.25, 0.3) is 33.3 Å². The van der Waals surface area contributed by atoms with Crippen molar-refractivity contribution >= 4 is 22.6 Å². The molecule has 3 aliphatic heterocycles. The quantitative estimate of drug-likeness (QED) is 0.355. The van der Waals surface area contributed by atoms with Gasteiger partial charge in [-0.15, -0.1) is 0 Å². The summed E-state index contributed by atoms with van der Waals surface area (Å²) in [4.78, 5) is 7.81. The highest BCUT2D eigenvalue weighted by Crippen LogP contribution is 2.35. The average molecular weight is 534 g/mol. The van der Waals surface area contributed by atoms with Crippen molar-refractivity contribution in [1.29, 1.82) is 0 Å². The van der Waals surface area contributed by atoms with E-state index in [0.29, 0.717) is 17.6 Å². The second kappa shape index (κ2) is 9.96. The first-order chi connectivity index (χ1) is 18.6. The molecule has 1 aromatic heterocycles. The molecule has 3 saturated heterocycles. The number of aliphatic hydroxyl groups excluding tert-OH is 1. The molecule has 3 aliphatic rings. The van der Waals surface area contributed by atoms with Crippen LogP contribution in [0.4, 0.5) is 0 Å². The SMILES string of the molecule is OC1COC2C(Oc3nc4cc(-c5ccc(-c6ccc(C7CNCCO7)cc6)cc5)c(Cl)cc4[nH]3)COC12. The minimum absolute atomic E-state index is 0.109. The molecule has 0 saturated carbocycles. The number of rotatable bonds is 5. The third-order valence-electron chi connectivity index (χ3n) is 7.53. The van der Waals surface area contributed by atoms with E-state index in [1.165, 1.54) is 5.56 Å².